The fourth-order valence-corrected chi connectivity index (χ4v) is 1.14. The van der Waals surface area contributed by atoms with Crippen LogP contribution in [0.3, 0.4) is 0 Å². The molecule has 0 aliphatic rings. The number of carbonyl (C=O) groups excluding carboxylic acids is 1. The highest BCUT2D eigenvalue weighted by molar-refractivity contribution is 5.91. The molecule has 0 fully saturated rings. The minimum atomic E-state index is -0.115. The Labute approximate surface area is 89.3 Å². The molecule has 1 aromatic rings. The van der Waals surface area contributed by atoms with Crippen LogP contribution in [0, 0.1) is 0 Å². The van der Waals surface area contributed by atoms with Crippen LogP contribution in [0.5, 0.6) is 0 Å². The first-order valence-corrected chi connectivity index (χ1v) is 4.98. The molecule has 1 rings (SSSR count). The van der Waals surface area contributed by atoms with E-state index in [1.807, 2.05) is 0 Å². The van der Waals surface area contributed by atoms with E-state index in [0.717, 1.165) is 19.4 Å². The second kappa shape index (κ2) is 5.29. The van der Waals surface area contributed by atoms with Crippen LogP contribution in [0.1, 0.15) is 30.3 Å². The topological polar surface area (TPSA) is 72.1 Å². The van der Waals surface area contributed by atoms with Crippen molar-refractivity contribution in [1.82, 2.24) is 14.9 Å². The van der Waals surface area contributed by atoms with Crippen molar-refractivity contribution in [2.45, 2.75) is 19.8 Å². The first-order chi connectivity index (χ1) is 7.15. The van der Waals surface area contributed by atoms with Gasteiger partial charge in [0.1, 0.15) is 11.5 Å². The Bertz CT molecular complexity index is 323. The van der Waals surface area contributed by atoms with Crippen molar-refractivity contribution >= 4 is 11.7 Å². The number of carbonyl (C=O) groups is 1. The predicted molar refractivity (Wildman–Crippen MR) is 58.3 cm³/mol. The zero-order valence-electron chi connectivity index (χ0n) is 9.10. The summed E-state index contributed by atoms with van der Waals surface area (Å²) in [4.78, 5) is 21.1. The van der Waals surface area contributed by atoms with Crippen molar-refractivity contribution in [3.8, 4) is 0 Å². The van der Waals surface area contributed by atoms with Crippen molar-refractivity contribution in [3.05, 3.63) is 18.1 Å². The Morgan fingerprint density at radius 2 is 2.20 bits per heavy atom. The van der Waals surface area contributed by atoms with Gasteiger partial charge in [-0.2, -0.15) is 0 Å². The number of aromatic nitrogens is 2. The summed E-state index contributed by atoms with van der Waals surface area (Å²) in [5, 5.41) is 0. The SMILES string of the molecule is CCCCN(C)C(=O)c1cnc(N)cn1. The van der Waals surface area contributed by atoms with Gasteiger partial charge in [0.25, 0.3) is 5.91 Å². The van der Waals surface area contributed by atoms with E-state index in [-0.39, 0.29) is 5.91 Å². The van der Waals surface area contributed by atoms with E-state index in [2.05, 4.69) is 16.9 Å². The number of nitrogens with zero attached hydrogens (tertiary/aromatic N) is 3. The third kappa shape index (κ3) is 3.19. The highest BCUT2D eigenvalue weighted by atomic mass is 16.2. The summed E-state index contributed by atoms with van der Waals surface area (Å²) in [6.45, 7) is 2.82. The van der Waals surface area contributed by atoms with E-state index in [9.17, 15) is 4.79 Å². The van der Waals surface area contributed by atoms with Gasteiger partial charge in [0, 0.05) is 13.6 Å². The molecule has 5 nitrogen and oxygen atoms in total. The largest absolute Gasteiger partial charge is 0.382 e. The Morgan fingerprint density at radius 3 is 2.73 bits per heavy atom. The maximum absolute atomic E-state index is 11.7. The molecule has 1 amide bonds. The molecule has 0 aliphatic heterocycles. The number of rotatable bonds is 4. The van der Waals surface area contributed by atoms with E-state index >= 15 is 0 Å². The normalized spacial score (nSPS) is 10.0. The predicted octanol–water partition coefficient (Wildman–Crippen LogP) is 0.931. The minimum absolute atomic E-state index is 0.115. The van der Waals surface area contributed by atoms with Crippen molar-refractivity contribution in [3.63, 3.8) is 0 Å². The van der Waals surface area contributed by atoms with E-state index in [0.29, 0.717) is 11.5 Å². The standard InChI is InChI=1S/C10H16N4O/c1-3-4-5-14(2)10(15)8-6-13-9(11)7-12-8/h6-7H,3-5H2,1-2H3,(H2,11,13). The molecule has 0 bridgehead atoms. The Balaban J connectivity index is 2.63. The highest BCUT2D eigenvalue weighted by Crippen LogP contribution is 2.01. The van der Waals surface area contributed by atoms with Gasteiger partial charge < -0.3 is 10.6 Å². The van der Waals surface area contributed by atoms with Gasteiger partial charge >= 0.3 is 0 Å². The lowest BCUT2D eigenvalue weighted by Crippen LogP contribution is -2.28. The van der Waals surface area contributed by atoms with Gasteiger partial charge in [0.05, 0.1) is 12.4 Å². The van der Waals surface area contributed by atoms with Crippen LogP contribution in [0.15, 0.2) is 12.4 Å². The van der Waals surface area contributed by atoms with Crippen molar-refractivity contribution in [2.24, 2.45) is 0 Å². The fourth-order valence-electron chi connectivity index (χ4n) is 1.14. The number of nitrogen functional groups attached to an aromatic ring is 1. The van der Waals surface area contributed by atoms with Crippen molar-refractivity contribution < 1.29 is 4.79 Å². The van der Waals surface area contributed by atoms with Gasteiger partial charge in [-0.3, -0.25) is 4.79 Å². The number of hydrogen-bond donors (Lipinski definition) is 1. The second-order valence-corrected chi connectivity index (χ2v) is 3.41. The van der Waals surface area contributed by atoms with Crippen LogP contribution in [0.2, 0.25) is 0 Å². The molecular formula is C10H16N4O. The third-order valence-electron chi connectivity index (χ3n) is 2.08. The third-order valence-corrected chi connectivity index (χ3v) is 2.08. The van der Waals surface area contributed by atoms with E-state index in [4.69, 9.17) is 5.73 Å². The number of nitrogens with two attached hydrogens (primary N) is 1. The summed E-state index contributed by atoms with van der Waals surface area (Å²) in [6, 6.07) is 0. The van der Waals surface area contributed by atoms with Crippen LogP contribution in [-0.2, 0) is 0 Å². The molecule has 15 heavy (non-hydrogen) atoms. The van der Waals surface area contributed by atoms with Crippen LogP contribution >= 0.6 is 0 Å². The number of hydrogen-bond acceptors (Lipinski definition) is 4. The Hall–Kier alpha value is -1.65. The molecule has 82 valence electrons. The van der Waals surface area contributed by atoms with E-state index in [1.165, 1.54) is 12.4 Å². The summed E-state index contributed by atoms with van der Waals surface area (Å²) in [6.07, 6.45) is 4.84. The Kier molecular flexibility index (Phi) is 4.03. The molecule has 0 aromatic carbocycles. The summed E-state index contributed by atoms with van der Waals surface area (Å²) in [5.74, 6) is 0.207. The summed E-state index contributed by atoms with van der Waals surface area (Å²) >= 11 is 0. The van der Waals surface area contributed by atoms with Crippen LogP contribution in [0.4, 0.5) is 5.82 Å². The van der Waals surface area contributed by atoms with E-state index in [1.54, 1.807) is 11.9 Å². The number of anilines is 1. The lowest BCUT2D eigenvalue weighted by molar-refractivity contribution is 0.0787. The van der Waals surface area contributed by atoms with Crippen LogP contribution in [-0.4, -0.2) is 34.4 Å². The Morgan fingerprint density at radius 1 is 1.47 bits per heavy atom. The summed E-state index contributed by atoms with van der Waals surface area (Å²) in [7, 11) is 1.76. The van der Waals surface area contributed by atoms with E-state index < -0.39 is 0 Å². The van der Waals surface area contributed by atoms with Crippen molar-refractivity contribution in [1.29, 1.82) is 0 Å². The molecule has 0 radical (unpaired) electrons. The van der Waals surface area contributed by atoms with Gasteiger partial charge in [0.2, 0.25) is 0 Å². The number of amides is 1. The molecule has 5 heteroatoms. The van der Waals surface area contributed by atoms with Crippen LogP contribution < -0.4 is 5.73 Å². The van der Waals surface area contributed by atoms with Crippen LogP contribution in [0.25, 0.3) is 0 Å². The second-order valence-electron chi connectivity index (χ2n) is 3.41. The highest BCUT2D eigenvalue weighted by Gasteiger charge is 2.12. The lowest BCUT2D eigenvalue weighted by atomic mass is 10.3. The van der Waals surface area contributed by atoms with Crippen molar-refractivity contribution in [2.75, 3.05) is 19.3 Å². The summed E-state index contributed by atoms with van der Waals surface area (Å²) < 4.78 is 0. The minimum Gasteiger partial charge on any atom is -0.382 e. The first-order valence-electron chi connectivity index (χ1n) is 4.98. The number of unbranched alkanes of at least 4 members (excludes halogenated alkanes) is 1. The smallest absolute Gasteiger partial charge is 0.273 e. The molecule has 0 aliphatic carbocycles. The lowest BCUT2D eigenvalue weighted by Gasteiger charge is -2.15. The van der Waals surface area contributed by atoms with Gasteiger partial charge in [-0.15, -0.1) is 0 Å². The fraction of sp³-hybridized carbons (Fsp3) is 0.500. The average molecular weight is 208 g/mol. The molecule has 2 N–H and O–H groups in total. The summed E-state index contributed by atoms with van der Waals surface area (Å²) in [5.41, 5.74) is 5.72. The molecule has 0 saturated carbocycles. The maximum atomic E-state index is 11.7. The van der Waals surface area contributed by atoms with Gasteiger partial charge in [-0.25, -0.2) is 9.97 Å². The molecule has 0 saturated heterocycles. The van der Waals surface area contributed by atoms with Gasteiger partial charge in [-0.1, -0.05) is 13.3 Å². The molecule has 1 aromatic heterocycles. The molecule has 0 unspecified atom stereocenters. The average Bonchev–Trinajstić information content (AvgIpc) is 2.26. The molecule has 1 heterocycles. The first kappa shape index (κ1) is 11.4. The maximum Gasteiger partial charge on any atom is 0.273 e. The van der Waals surface area contributed by atoms with Gasteiger partial charge in [-0.05, 0) is 6.42 Å². The molecule has 0 spiro atoms. The van der Waals surface area contributed by atoms with Gasteiger partial charge in [0.15, 0.2) is 0 Å². The molecular weight excluding hydrogens is 192 g/mol. The zero-order valence-corrected chi connectivity index (χ0v) is 9.10. The monoisotopic (exact) mass is 208 g/mol. The quantitative estimate of drug-likeness (QED) is 0.799. The zero-order chi connectivity index (χ0) is 11.3. The molecule has 0 atom stereocenters.